The predicted octanol–water partition coefficient (Wildman–Crippen LogP) is 2.77. The van der Waals surface area contributed by atoms with Crippen LogP contribution in [0.2, 0.25) is 5.15 Å². The summed E-state index contributed by atoms with van der Waals surface area (Å²) in [5.41, 5.74) is 1.77. The van der Waals surface area contributed by atoms with Crippen LogP contribution in [0.3, 0.4) is 0 Å². The maximum atomic E-state index is 12.2. The zero-order valence-electron chi connectivity index (χ0n) is 15.7. The predicted molar refractivity (Wildman–Crippen MR) is 109 cm³/mol. The molecule has 3 heterocycles. The van der Waals surface area contributed by atoms with Gasteiger partial charge in [0.1, 0.15) is 22.2 Å². The van der Waals surface area contributed by atoms with E-state index in [4.69, 9.17) is 16.3 Å². The van der Waals surface area contributed by atoms with Crippen LogP contribution in [0.1, 0.15) is 0 Å². The monoisotopic (exact) mass is 421 g/mol. The molecule has 3 aromatic heterocycles. The van der Waals surface area contributed by atoms with Gasteiger partial charge in [0.25, 0.3) is 0 Å². The Hall–Kier alpha value is -2.49. The van der Waals surface area contributed by atoms with Gasteiger partial charge in [-0.25, -0.2) is 18.4 Å². The van der Waals surface area contributed by atoms with Crippen molar-refractivity contribution in [2.45, 2.75) is 4.90 Å². The number of halogens is 1. The third-order valence-corrected chi connectivity index (χ3v) is 5.16. The van der Waals surface area contributed by atoms with Gasteiger partial charge in [0.2, 0.25) is 5.88 Å². The normalized spacial score (nSPS) is 11.8. The summed E-state index contributed by atoms with van der Waals surface area (Å²) in [5, 5.41) is 3.33. The number of likely N-dealkylation sites (N-methyl/N-ethyl adjacent to an activating group) is 1. The number of ether oxygens (including phenoxy) is 1. The number of hydrogen-bond donors (Lipinski definition) is 1. The Morgan fingerprint density at radius 3 is 2.57 bits per heavy atom. The van der Waals surface area contributed by atoms with Gasteiger partial charge in [-0.15, -0.1) is 0 Å². The Labute approximate surface area is 168 Å². The molecule has 3 aromatic rings. The van der Waals surface area contributed by atoms with Crippen LogP contribution in [0, 0.1) is 0 Å². The second kappa shape index (κ2) is 8.26. The second-order valence-electron chi connectivity index (χ2n) is 6.43. The zero-order valence-corrected chi connectivity index (χ0v) is 17.3. The van der Waals surface area contributed by atoms with Crippen molar-refractivity contribution in [2.75, 3.05) is 38.8 Å². The summed E-state index contributed by atoms with van der Waals surface area (Å²) < 4.78 is 30.0. The Kier molecular flexibility index (Phi) is 5.97. The third-order valence-electron chi connectivity index (χ3n) is 3.84. The average Bonchev–Trinajstić information content (AvgIpc) is 2.62. The molecule has 0 bridgehead atoms. The number of nitrogens with one attached hydrogen (secondary N) is 1. The Morgan fingerprint density at radius 2 is 1.93 bits per heavy atom. The van der Waals surface area contributed by atoms with E-state index in [0.717, 1.165) is 12.8 Å². The van der Waals surface area contributed by atoms with E-state index in [1.807, 2.05) is 19.0 Å². The molecule has 0 aromatic carbocycles. The lowest BCUT2D eigenvalue weighted by Crippen LogP contribution is -2.19. The highest BCUT2D eigenvalue weighted by atomic mass is 35.5. The van der Waals surface area contributed by atoms with Crippen molar-refractivity contribution < 1.29 is 13.2 Å². The van der Waals surface area contributed by atoms with Crippen molar-refractivity contribution in [1.82, 2.24) is 19.9 Å². The minimum Gasteiger partial charge on any atom is -0.476 e. The van der Waals surface area contributed by atoms with Crippen LogP contribution in [-0.4, -0.2) is 61.8 Å². The van der Waals surface area contributed by atoms with Crippen molar-refractivity contribution >= 4 is 43.8 Å². The fourth-order valence-electron chi connectivity index (χ4n) is 2.44. The lowest BCUT2D eigenvalue weighted by Gasteiger charge is -2.14. The van der Waals surface area contributed by atoms with Gasteiger partial charge in [-0.2, -0.15) is 0 Å². The van der Waals surface area contributed by atoms with Crippen LogP contribution >= 0.6 is 11.6 Å². The Morgan fingerprint density at radius 1 is 1.14 bits per heavy atom. The van der Waals surface area contributed by atoms with Crippen LogP contribution in [0.15, 0.2) is 41.6 Å². The summed E-state index contributed by atoms with van der Waals surface area (Å²) in [4.78, 5) is 14.7. The molecular formula is C18H20ClN5O3S. The summed E-state index contributed by atoms with van der Waals surface area (Å²) in [6.45, 7) is 1.29. The van der Waals surface area contributed by atoms with Crippen LogP contribution in [0.4, 0.5) is 11.4 Å². The molecule has 0 aliphatic carbocycles. The van der Waals surface area contributed by atoms with Gasteiger partial charge in [-0.1, -0.05) is 11.6 Å². The van der Waals surface area contributed by atoms with Crippen LogP contribution in [0.5, 0.6) is 5.88 Å². The summed E-state index contributed by atoms with van der Waals surface area (Å²) >= 11 is 6.00. The van der Waals surface area contributed by atoms with E-state index in [2.05, 4.69) is 20.3 Å². The van der Waals surface area contributed by atoms with Gasteiger partial charge >= 0.3 is 0 Å². The number of sulfone groups is 1. The number of hydrogen-bond acceptors (Lipinski definition) is 8. The van der Waals surface area contributed by atoms with Gasteiger partial charge in [0.15, 0.2) is 9.84 Å². The highest BCUT2D eigenvalue weighted by Crippen LogP contribution is 2.31. The summed E-state index contributed by atoms with van der Waals surface area (Å²) in [6.07, 6.45) is 3.99. The van der Waals surface area contributed by atoms with Crippen molar-refractivity contribution in [3.63, 3.8) is 0 Å². The highest BCUT2D eigenvalue weighted by molar-refractivity contribution is 7.90. The standard InChI is InChI=1S/C18H20ClN5O3S/c1-24(2)8-9-27-16-7-4-12(10-21-16)22-18-14(28(3,25)26)11-20-13-5-6-15(19)23-17(13)18/h4-7,10-11H,8-9H2,1-3H3,(H,20,22). The van der Waals surface area contributed by atoms with E-state index in [1.54, 1.807) is 30.5 Å². The molecule has 8 nitrogen and oxygen atoms in total. The van der Waals surface area contributed by atoms with E-state index in [-0.39, 0.29) is 10.0 Å². The van der Waals surface area contributed by atoms with Crippen LogP contribution in [0.25, 0.3) is 11.0 Å². The molecule has 0 atom stereocenters. The minimum atomic E-state index is -3.54. The van der Waals surface area contributed by atoms with Gasteiger partial charge in [0.05, 0.1) is 23.1 Å². The minimum absolute atomic E-state index is 0.0288. The molecule has 0 saturated heterocycles. The molecule has 0 fully saturated rings. The summed E-state index contributed by atoms with van der Waals surface area (Å²) in [5.74, 6) is 0.483. The summed E-state index contributed by atoms with van der Waals surface area (Å²) in [7, 11) is 0.378. The maximum Gasteiger partial charge on any atom is 0.213 e. The number of aromatic nitrogens is 3. The molecule has 0 aliphatic rings. The van der Waals surface area contributed by atoms with Crippen LogP contribution in [-0.2, 0) is 9.84 Å². The molecule has 148 valence electrons. The van der Waals surface area contributed by atoms with Crippen molar-refractivity contribution in [1.29, 1.82) is 0 Å². The molecule has 0 radical (unpaired) electrons. The van der Waals surface area contributed by atoms with E-state index in [1.165, 1.54) is 6.20 Å². The quantitative estimate of drug-likeness (QED) is 0.581. The lowest BCUT2D eigenvalue weighted by atomic mass is 10.2. The zero-order chi connectivity index (χ0) is 20.3. The molecule has 0 spiro atoms. The topological polar surface area (TPSA) is 97.3 Å². The smallest absolute Gasteiger partial charge is 0.213 e. The van der Waals surface area contributed by atoms with Crippen LogP contribution < -0.4 is 10.1 Å². The van der Waals surface area contributed by atoms with Gasteiger partial charge < -0.3 is 15.0 Å². The molecule has 1 N–H and O–H groups in total. The first-order chi connectivity index (χ1) is 13.2. The SMILES string of the molecule is CN(C)CCOc1ccc(Nc2c(S(C)(=O)=O)cnc3ccc(Cl)nc23)cn1. The largest absolute Gasteiger partial charge is 0.476 e. The molecule has 0 aliphatic heterocycles. The average molecular weight is 422 g/mol. The lowest BCUT2D eigenvalue weighted by molar-refractivity contribution is 0.254. The molecule has 0 amide bonds. The Balaban J connectivity index is 1.93. The Bertz CT molecular complexity index is 1090. The van der Waals surface area contributed by atoms with Gasteiger partial charge in [0, 0.05) is 25.1 Å². The summed E-state index contributed by atoms with van der Waals surface area (Å²) in [6, 6.07) is 6.74. The fraction of sp³-hybridized carbons (Fsp3) is 0.278. The van der Waals surface area contributed by atoms with E-state index >= 15 is 0 Å². The second-order valence-corrected chi connectivity index (χ2v) is 8.80. The molecular weight excluding hydrogens is 402 g/mol. The first kappa shape index (κ1) is 20.2. The van der Waals surface area contributed by atoms with Gasteiger partial charge in [-0.3, -0.25) is 4.98 Å². The molecule has 0 saturated carbocycles. The first-order valence-corrected chi connectivity index (χ1v) is 10.7. The van der Waals surface area contributed by atoms with Crippen molar-refractivity contribution in [3.05, 3.63) is 41.8 Å². The number of fused-ring (bicyclic) bond motifs is 1. The number of nitrogens with zero attached hydrogens (tertiary/aromatic N) is 4. The highest BCUT2D eigenvalue weighted by Gasteiger charge is 2.19. The molecule has 3 rings (SSSR count). The number of rotatable bonds is 7. The van der Waals surface area contributed by atoms with E-state index in [0.29, 0.717) is 34.9 Å². The number of pyridine rings is 3. The molecule has 0 unspecified atom stereocenters. The van der Waals surface area contributed by atoms with Crippen molar-refractivity contribution in [2.24, 2.45) is 0 Å². The molecule has 10 heteroatoms. The fourth-order valence-corrected chi connectivity index (χ4v) is 3.35. The first-order valence-electron chi connectivity index (χ1n) is 8.40. The maximum absolute atomic E-state index is 12.2. The van der Waals surface area contributed by atoms with E-state index in [9.17, 15) is 8.42 Å². The number of anilines is 2. The van der Waals surface area contributed by atoms with E-state index < -0.39 is 9.84 Å². The van der Waals surface area contributed by atoms with Gasteiger partial charge in [-0.05, 0) is 32.3 Å². The third kappa shape index (κ3) is 4.86. The molecule has 28 heavy (non-hydrogen) atoms. The van der Waals surface area contributed by atoms with Crippen molar-refractivity contribution in [3.8, 4) is 5.88 Å².